The van der Waals surface area contributed by atoms with Gasteiger partial charge in [0.15, 0.2) is 0 Å². The van der Waals surface area contributed by atoms with Crippen molar-refractivity contribution in [2.45, 2.75) is 52.3 Å². The number of nitrogens with zero attached hydrogens (tertiary/aromatic N) is 2. The fraction of sp³-hybridized carbons (Fsp3) is 0.526. The number of anilines is 1. The first kappa shape index (κ1) is 17.9. The molecule has 3 rings (SSSR count). The molecule has 0 aliphatic carbocycles. The molecule has 5 nitrogen and oxygen atoms in total. The SMILES string of the molecule is Cc1nc(CNC(C)c2cc(F)ccc2N2CCC(O)CC2)oc1C. The van der Waals surface area contributed by atoms with Crippen LogP contribution < -0.4 is 10.2 Å². The Morgan fingerprint density at radius 3 is 2.72 bits per heavy atom. The van der Waals surface area contributed by atoms with E-state index in [1.54, 1.807) is 6.07 Å². The summed E-state index contributed by atoms with van der Waals surface area (Å²) in [4.78, 5) is 6.59. The minimum absolute atomic E-state index is 0.0509. The summed E-state index contributed by atoms with van der Waals surface area (Å²) in [6.07, 6.45) is 1.26. The van der Waals surface area contributed by atoms with E-state index in [0.29, 0.717) is 12.4 Å². The molecule has 25 heavy (non-hydrogen) atoms. The fourth-order valence-corrected chi connectivity index (χ4v) is 3.23. The molecule has 1 aliphatic rings. The third-order valence-electron chi connectivity index (χ3n) is 4.89. The van der Waals surface area contributed by atoms with Crippen molar-refractivity contribution in [2.75, 3.05) is 18.0 Å². The van der Waals surface area contributed by atoms with E-state index >= 15 is 0 Å². The molecule has 1 atom stereocenters. The lowest BCUT2D eigenvalue weighted by atomic mass is 10.0. The molecule has 1 unspecified atom stereocenters. The van der Waals surface area contributed by atoms with Crippen LogP contribution in [0.4, 0.5) is 10.1 Å². The predicted octanol–water partition coefficient (Wildman–Crippen LogP) is 3.24. The van der Waals surface area contributed by atoms with Crippen molar-refractivity contribution in [2.24, 2.45) is 0 Å². The van der Waals surface area contributed by atoms with E-state index in [0.717, 1.165) is 48.6 Å². The van der Waals surface area contributed by atoms with Gasteiger partial charge in [0.2, 0.25) is 5.89 Å². The quantitative estimate of drug-likeness (QED) is 0.869. The first-order chi connectivity index (χ1) is 11.9. The molecule has 1 aliphatic heterocycles. The number of hydrogen-bond donors (Lipinski definition) is 2. The second-order valence-corrected chi connectivity index (χ2v) is 6.77. The highest BCUT2D eigenvalue weighted by atomic mass is 19.1. The van der Waals surface area contributed by atoms with Gasteiger partial charge in [-0.05, 0) is 57.4 Å². The zero-order valence-electron chi connectivity index (χ0n) is 15.1. The summed E-state index contributed by atoms with van der Waals surface area (Å²) in [6, 6.07) is 4.87. The van der Waals surface area contributed by atoms with Crippen LogP contribution in [0.2, 0.25) is 0 Å². The first-order valence-electron chi connectivity index (χ1n) is 8.83. The molecule has 1 aromatic carbocycles. The number of nitrogens with one attached hydrogen (secondary N) is 1. The van der Waals surface area contributed by atoms with Crippen LogP contribution in [0.15, 0.2) is 22.6 Å². The Morgan fingerprint density at radius 2 is 2.08 bits per heavy atom. The lowest BCUT2D eigenvalue weighted by molar-refractivity contribution is 0.145. The van der Waals surface area contributed by atoms with Crippen molar-refractivity contribution in [3.05, 3.63) is 46.9 Å². The molecule has 0 bridgehead atoms. The minimum atomic E-state index is -0.243. The van der Waals surface area contributed by atoms with Crippen molar-refractivity contribution in [3.8, 4) is 0 Å². The number of aryl methyl sites for hydroxylation is 2. The average Bonchev–Trinajstić information content (AvgIpc) is 2.91. The highest BCUT2D eigenvalue weighted by Crippen LogP contribution is 2.30. The fourth-order valence-electron chi connectivity index (χ4n) is 3.23. The second kappa shape index (κ2) is 7.54. The van der Waals surface area contributed by atoms with Crippen molar-refractivity contribution >= 4 is 5.69 Å². The third kappa shape index (κ3) is 4.19. The standard InChI is InChI=1S/C19H26FN3O2/c1-12-14(3)25-19(22-12)11-21-13(2)17-10-15(20)4-5-18(17)23-8-6-16(24)7-9-23/h4-5,10,13,16,21,24H,6-9,11H2,1-3H3. The van der Waals surface area contributed by atoms with Crippen LogP contribution in [0.5, 0.6) is 0 Å². The Labute approximate surface area is 147 Å². The van der Waals surface area contributed by atoms with E-state index in [9.17, 15) is 9.50 Å². The number of rotatable bonds is 5. The predicted molar refractivity (Wildman–Crippen MR) is 95.1 cm³/mol. The lowest BCUT2D eigenvalue weighted by Gasteiger charge is -2.34. The molecule has 2 aromatic rings. The van der Waals surface area contributed by atoms with Gasteiger partial charge in [-0.15, -0.1) is 0 Å². The third-order valence-corrected chi connectivity index (χ3v) is 4.89. The van der Waals surface area contributed by atoms with Gasteiger partial charge in [-0.1, -0.05) is 0 Å². The van der Waals surface area contributed by atoms with Gasteiger partial charge in [-0.3, -0.25) is 0 Å². The number of benzene rings is 1. The lowest BCUT2D eigenvalue weighted by Crippen LogP contribution is -2.37. The van der Waals surface area contributed by atoms with Crippen LogP contribution in [-0.4, -0.2) is 29.3 Å². The molecule has 0 amide bonds. The van der Waals surface area contributed by atoms with Crippen LogP contribution in [0.3, 0.4) is 0 Å². The largest absolute Gasteiger partial charge is 0.444 e. The number of hydrogen-bond acceptors (Lipinski definition) is 5. The molecule has 136 valence electrons. The van der Waals surface area contributed by atoms with E-state index in [1.165, 1.54) is 6.07 Å². The number of aliphatic hydroxyl groups excluding tert-OH is 1. The van der Waals surface area contributed by atoms with E-state index in [-0.39, 0.29) is 18.0 Å². The van der Waals surface area contributed by atoms with Crippen molar-refractivity contribution in [3.63, 3.8) is 0 Å². The summed E-state index contributed by atoms with van der Waals surface area (Å²) in [6.45, 7) is 7.88. The first-order valence-corrected chi connectivity index (χ1v) is 8.83. The van der Waals surface area contributed by atoms with E-state index < -0.39 is 0 Å². The topological polar surface area (TPSA) is 61.5 Å². The maximum atomic E-state index is 13.8. The van der Waals surface area contributed by atoms with Crippen LogP contribution in [-0.2, 0) is 6.54 Å². The molecule has 0 radical (unpaired) electrons. The molecule has 1 aromatic heterocycles. The number of aromatic nitrogens is 1. The molecule has 1 saturated heterocycles. The van der Waals surface area contributed by atoms with Gasteiger partial charge in [-0.2, -0.15) is 0 Å². The van der Waals surface area contributed by atoms with Gasteiger partial charge < -0.3 is 19.7 Å². The Kier molecular flexibility index (Phi) is 5.39. The summed E-state index contributed by atoms with van der Waals surface area (Å²) in [5, 5.41) is 13.1. The molecule has 2 N–H and O–H groups in total. The van der Waals surface area contributed by atoms with Gasteiger partial charge in [0, 0.05) is 24.8 Å². The number of halogens is 1. The molecule has 1 fully saturated rings. The number of aliphatic hydroxyl groups is 1. The van der Waals surface area contributed by atoms with E-state index in [2.05, 4.69) is 15.2 Å². The van der Waals surface area contributed by atoms with Gasteiger partial charge in [0.1, 0.15) is 11.6 Å². The monoisotopic (exact) mass is 347 g/mol. The Balaban J connectivity index is 1.74. The van der Waals surface area contributed by atoms with Gasteiger partial charge >= 0.3 is 0 Å². The van der Waals surface area contributed by atoms with Crippen molar-refractivity contribution < 1.29 is 13.9 Å². The molecular weight excluding hydrogens is 321 g/mol. The van der Waals surface area contributed by atoms with Crippen molar-refractivity contribution in [1.29, 1.82) is 0 Å². The number of oxazole rings is 1. The molecular formula is C19H26FN3O2. The zero-order chi connectivity index (χ0) is 18.0. The summed E-state index contributed by atoms with van der Waals surface area (Å²) in [7, 11) is 0. The molecule has 0 saturated carbocycles. The average molecular weight is 347 g/mol. The van der Waals surface area contributed by atoms with Crippen molar-refractivity contribution in [1.82, 2.24) is 10.3 Å². The smallest absolute Gasteiger partial charge is 0.208 e. The van der Waals surface area contributed by atoms with Gasteiger partial charge in [-0.25, -0.2) is 9.37 Å². The highest BCUT2D eigenvalue weighted by Gasteiger charge is 2.22. The van der Waals surface area contributed by atoms with E-state index in [4.69, 9.17) is 4.42 Å². The second-order valence-electron chi connectivity index (χ2n) is 6.77. The maximum Gasteiger partial charge on any atom is 0.208 e. The Hall–Kier alpha value is -1.92. The summed E-state index contributed by atoms with van der Waals surface area (Å²) in [5.41, 5.74) is 2.83. The van der Waals surface area contributed by atoms with Gasteiger partial charge in [0.25, 0.3) is 0 Å². The zero-order valence-corrected chi connectivity index (χ0v) is 15.1. The molecule has 2 heterocycles. The highest BCUT2D eigenvalue weighted by molar-refractivity contribution is 5.55. The normalized spacial score (nSPS) is 17.1. The van der Waals surface area contributed by atoms with Crippen LogP contribution >= 0.6 is 0 Å². The van der Waals surface area contributed by atoms with Crippen LogP contribution in [0, 0.1) is 19.7 Å². The van der Waals surface area contributed by atoms with Crippen LogP contribution in [0.25, 0.3) is 0 Å². The summed E-state index contributed by atoms with van der Waals surface area (Å²) < 4.78 is 19.4. The Bertz CT molecular complexity index is 704. The summed E-state index contributed by atoms with van der Waals surface area (Å²) >= 11 is 0. The van der Waals surface area contributed by atoms with Crippen LogP contribution in [0.1, 0.15) is 48.7 Å². The van der Waals surface area contributed by atoms with E-state index in [1.807, 2.05) is 26.8 Å². The Morgan fingerprint density at radius 1 is 1.36 bits per heavy atom. The maximum absolute atomic E-state index is 13.8. The van der Waals surface area contributed by atoms with Gasteiger partial charge in [0.05, 0.1) is 18.3 Å². The summed E-state index contributed by atoms with van der Waals surface area (Å²) in [5.74, 6) is 1.22. The minimum Gasteiger partial charge on any atom is -0.444 e. The number of piperidine rings is 1. The molecule has 0 spiro atoms. The molecule has 6 heteroatoms.